The molecule has 0 saturated heterocycles. The van der Waals surface area contributed by atoms with Crippen LogP contribution in [-0.2, 0) is 4.79 Å². The van der Waals surface area contributed by atoms with Gasteiger partial charge in [0.15, 0.2) is 0 Å². The Balaban J connectivity index is 0.000000921. The standard InChI is InChI=1S/C18H18N4OS.2C2H6/c1-12-4-3-5-14(10-12)21-18-19-9-8-15(22-18)16-6-7-17(24-16)20-11-13(2)23;2*1-2/h3-10,20H,11H2,1-2H3,(H,19,21,22);2*1-2H3. The van der Waals surface area contributed by atoms with Gasteiger partial charge in [-0.15, -0.1) is 11.3 Å². The third kappa shape index (κ3) is 7.48. The fourth-order valence-electron chi connectivity index (χ4n) is 2.19. The molecule has 1 aromatic carbocycles. The minimum Gasteiger partial charge on any atom is -0.370 e. The molecule has 0 bridgehead atoms. The van der Waals surface area contributed by atoms with Crippen LogP contribution < -0.4 is 10.6 Å². The first-order valence-corrected chi connectivity index (χ1v) is 10.4. The molecule has 0 aliphatic carbocycles. The Morgan fingerprint density at radius 3 is 2.50 bits per heavy atom. The van der Waals surface area contributed by atoms with E-state index >= 15 is 0 Å². The Morgan fingerprint density at radius 2 is 1.82 bits per heavy atom. The van der Waals surface area contributed by atoms with E-state index in [1.54, 1.807) is 24.5 Å². The third-order valence-corrected chi connectivity index (χ3v) is 4.37. The van der Waals surface area contributed by atoms with Crippen LogP contribution in [0.3, 0.4) is 0 Å². The van der Waals surface area contributed by atoms with Gasteiger partial charge in [-0.05, 0) is 49.7 Å². The summed E-state index contributed by atoms with van der Waals surface area (Å²) in [4.78, 5) is 20.9. The van der Waals surface area contributed by atoms with Gasteiger partial charge in [0.05, 0.1) is 22.1 Å². The number of hydrogen-bond donors (Lipinski definition) is 2. The van der Waals surface area contributed by atoms with Crippen molar-refractivity contribution in [2.45, 2.75) is 41.5 Å². The molecule has 2 heterocycles. The van der Waals surface area contributed by atoms with Crippen molar-refractivity contribution in [3.8, 4) is 10.6 Å². The highest BCUT2D eigenvalue weighted by Gasteiger charge is 2.07. The number of carbonyl (C=O) groups excluding carboxylic acids is 1. The first-order valence-electron chi connectivity index (χ1n) is 9.60. The van der Waals surface area contributed by atoms with Crippen molar-refractivity contribution in [1.29, 1.82) is 0 Å². The molecule has 0 spiro atoms. The number of nitrogens with one attached hydrogen (secondary N) is 2. The van der Waals surface area contributed by atoms with Crippen molar-refractivity contribution in [3.05, 3.63) is 54.2 Å². The molecule has 0 aliphatic heterocycles. The van der Waals surface area contributed by atoms with Crippen LogP contribution in [0.4, 0.5) is 16.6 Å². The maximum Gasteiger partial charge on any atom is 0.227 e. The number of hydrogen-bond acceptors (Lipinski definition) is 6. The summed E-state index contributed by atoms with van der Waals surface area (Å²) in [7, 11) is 0. The summed E-state index contributed by atoms with van der Waals surface area (Å²) in [6.07, 6.45) is 1.74. The summed E-state index contributed by atoms with van der Waals surface area (Å²) >= 11 is 1.56. The van der Waals surface area contributed by atoms with Crippen LogP contribution in [0.25, 0.3) is 10.6 Å². The summed E-state index contributed by atoms with van der Waals surface area (Å²) in [5, 5.41) is 7.28. The first-order chi connectivity index (χ1) is 13.6. The fraction of sp³-hybridized carbons (Fsp3) is 0.318. The number of nitrogens with zero attached hydrogens (tertiary/aromatic N) is 2. The van der Waals surface area contributed by atoms with Crippen LogP contribution in [0.2, 0.25) is 0 Å². The van der Waals surface area contributed by atoms with Gasteiger partial charge in [0.25, 0.3) is 0 Å². The summed E-state index contributed by atoms with van der Waals surface area (Å²) in [6.45, 7) is 11.9. The second-order valence-electron chi connectivity index (χ2n) is 5.48. The molecule has 6 heteroatoms. The molecule has 3 rings (SSSR count). The van der Waals surface area contributed by atoms with Crippen molar-refractivity contribution in [2.75, 3.05) is 17.2 Å². The molecule has 5 nitrogen and oxygen atoms in total. The maximum absolute atomic E-state index is 11.0. The van der Waals surface area contributed by atoms with Crippen LogP contribution in [0.1, 0.15) is 40.2 Å². The monoisotopic (exact) mass is 398 g/mol. The van der Waals surface area contributed by atoms with E-state index in [9.17, 15) is 4.79 Å². The zero-order chi connectivity index (χ0) is 20.9. The van der Waals surface area contributed by atoms with E-state index in [0.717, 1.165) is 21.3 Å². The highest BCUT2D eigenvalue weighted by molar-refractivity contribution is 7.19. The molecular weight excluding hydrogens is 368 g/mol. The van der Waals surface area contributed by atoms with E-state index in [4.69, 9.17) is 0 Å². The van der Waals surface area contributed by atoms with Gasteiger partial charge in [-0.3, -0.25) is 4.79 Å². The number of anilines is 3. The van der Waals surface area contributed by atoms with Gasteiger partial charge in [0, 0.05) is 11.9 Å². The minimum absolute atomic E-state index is 0.108. The van der Waals surface area contributed by atoms with Crippen molar-refractivity contribution in [1.82, 2.24) is 9.97 Å². The normalized spacial score (nSPS) is 9.36. The van der Waals surface area contributed by atoms with E-state index in [-0.39, 0.29) is 5.78 Å². The lowest BCUT2D eigenvalue weighted by atomic mass is 10.2. The first kappa shape index (κ1) is 23.3. The van der Waals surface area contributed by atoms with Crippen molar-refractivity contribution in [2.24, 2.45) is 0 Å². The number of aryl methyl sites for hydroxylation is 1. The van der Waals surface area contributed by atoms with E-state index in [0.29, 0.717) is 12.5 Å². The topological polar surface area (TPSA) is 66.9 Å². The molecule has 2 N–H and O–H groups in total. The molecule has 2 aromatic heterocycles. The van der Waals surface area contributed by atoms with Gasteiger partial charge < -0.3 is 10.6 Å². The number of ketones is 1. The van der Waals surface area contributed by atoms with E-state index in [1.807, 2.05) is 77.1 Å². The van der Waals surface area contributed by atoms with E-state index in [1.165, 1.54) is 5.56 Å². The Labute approximate surface area is 172 Å². The zero-order valence-electron chi connectivity index (χ0n) is 17.5. The van der Waals surface area contributed by atoms with Crippen molar-refractivity contribution in [3.63, 3.8) is 0 Å². The highest BCUT2D eigenvalue weighted by atomic mass is 32.1. The van der Waals surface area contributed by atoms with Gasteiger partial charge in [-0.2, -0.15) is 0 Å². The quantitative estimate of drug-likeness (QED) is 0.509. The predicted octanol–water partition coefficient (Wildman–Crippen LogP) is 6.31. The van der Waals surface area contributed by atoms with Crippen LogP contribution in [-0.4, -0.2) is 22.3 Å². The Kier molecular flexibility index (Phi) is 10.5. The zero-order valence-corrected chi connectivity index (χ0v) is 18.4. The minimum atomic E-state index is 0.108. The summed E-state index contributed by atoms with van der Waals surface area (Å²) in [5.41, 5.74) is 2.98. The van der Waals surface area contributed by atoms with Gasteiger partial charge in [-0.1, -0.05) is 39.8 Å². The van der Waals surface area contributed by atoms with Crippen LogP contribution in [0, 0.1) is 6.92 Å². The number of aromatic nitrogens is 2. The Bertz CT molecular complexity index is 861. The molecule has 0 radical (unpaired) electrons. The van der Waals surface area contributed by atoms with Crippen molar-refractivity contribution >= 4 is 33.8 Å². The largest absolute Gasteiger partial charge is 0.370 e. The summed E-state index contributed by atoms with van der Waals surface area (Å²) in [5.74, 6) is 0.668. The van der Waals surface area contributed by atoms with Gasteiger partial charge in [0.1, 0.15) is 5.78 Å². The average Bonchev–Trinajstić information content (AvgIpc) is 3.19. The Morgan fingerprint density at radius 1 is 1.07 bits per heavy atom. The van der Waals surface area contributed by atoms with E-state index < -0.39 is 0 Å². The average molecular weight is 399 g/mol. The molecule has 28 heavy (non-hydrogen) atoms. The number of benzene rings is 1. The number of rotatable bonds is 6. The fourth-order valence-corrected chi connectivity index (χ4v) is 3.06. The highest BCUT2D eigenvalue weighted by Crippen LogP contribution is 2.30. The van der Waals surface area contributed by atoms with Crippen LogP contribution >= 0.6 is 11.3 Å². The van der Waals surface area contributed by atoms with E-state index in [2.05, 4.69) is 20.6 Å². The lowest BCUT2D eigenvalue weighted by Crippen LogP contribution is -2.08. The van der Waals surface area contributed by atoms with Crippen LogP contribution in [0.5, 0.6) is 0 Å². The lowest BCUT2D eigenvalue weighted by Gasteiger charge is -2.06. The molecule has 0 atom stereocenters. The lowest BCUT2D eigenvalue weighted by molar-refractivity contribution is -0.115. The van der Waals surface area contributed by atoms with Crippen molar-refractivity contribution < 1.29 is 4.79 Å². The summed E-state index contributed by atoms with van der Waals surface area (Å²) < 4.78 is 0. The number of thiophene rings is 1. The van der Waals surface area contributed by atoms with Gasteiger partial charge in [0.2, 0.25) is 5.95 Å². The molecule has 0 saturated carbocycles. The molecule has 0 aliphatic rings. The summed E-state index contributed by atoms with van der Waals surface area (Å²) in [6, 6.07) is 13.9. The number of Topliss-reactive ketones (excluding diaryl/α,β-unsaturated/α-hetero) is 1. The second kappa shape index (κ2) is 12.6. The second-order valence-corrected chi connectivity index (χ2v) is 6.56. The van der Waals surface area contributed by atoms with Crippen LogP contribution in [0.15, 0.2) is 48.7 Å². The maximum atomic E-state index is 11.0. The molecule has 0 unspecified atom stereocenters. The number of carbonyl (C=O) groups is 1. The predicted molar refractivity (Wildman–Crippen MR) is 122 cm³/mol. The molecule has 150 valence electrons. The third-order valence-electron chi connectivity index (χ3n) is 3.30. The molecule has 0 fully saturated rings. The van der Waals surface area contributed by atoms with Gasteiger partial charge in [-0.25, -0.2) is 9.97 Å². The molecule has 3 aromatic rings. The smallest absolute Gasteiger partial charge is 0.227 e. The molecule has 0 amide bonds. The molecular formula is C22H30N4OS. The SMILES string of the molecule is CC.CC.CC(=O)CNc1ccc(-c2ccnc(Nc3cccc(C)c3)n2)s1. The Hall–Kier alpha value is -2.73. The van der Waals surface area contributed by atoms with Gasteiger partial charge >= 0.3 is 0 Å².